The van der Waals surface area contributed by atoms with E-state index in [9.17, 15) is 18.0 Å². The molecule has 8 nitrogen and oxygen atoms in total. The number of aryl methyl sites for hydroxylation is 1. The lowest BCUT2D eigenvalue weighted by Gasteiger charge is -2.36. The molecule has 4 rings (SSSR count). The minimum absolute atomic E-state index is 0.0252. The fraction of sp³-hybridized carbons (Fsp3) is 0.500. The average molecular weight is 445 g/mol. The van der Waals surface area contributed by atoms with Crippen molar-refractivity contribution in [3.63, 3.8) is 0 Å². The molecule has 2 aliphatic heterocycles. The lowest BCUT2D eigenvalue weighted by Crippen LogP contribution is -2.42. The van der Waals surface area contributed by atoms with E-state index in [1.165, 1.54) is 4.31 Å². The second-order valence-corrected chi connectivity index (χ2v) is 10.5. The largest absolute Gasteiger partial charge is 0.332 e. The number of H-pyrrole nitrogens is 1. The number of likely N-dealkylation sites (tertiary alicyclic amines) is 1. The van der Waals surface area contributed by atoms with E-state index in [2.05, 4.69) is 4.98 Å². The normalized spacial score (nSPS) is 19.8. The molecule has 1 saturated heterocycles. The molecule has 2 aromatic rings. The van der Waals surface area contributed by atoms with E-state index >= 15 is 0 Å². The molecule has 1 fully saturated rings. The van der Waals surface area contributed by atoms with Crippen molar-refractivity contribution < 1.29 is 13.2 Å². The number of sulfonamides is 1. The lowest BCUT2D eigenvalue weighted by molar-refractivity contribution is -0.134. The van der Waals surface area contributed by atoms with E-state index in [0.29, 0.717) is 43.0 Å². The van der Waals surface area contributed by atoms with Gasteiger partial charge in [-0.15, -0.1) is 0 Å². The minimum Gasteiger partial charge on any atom is -0.332 e. The SMILES string of the molecule is Cc1ccc(CC(=O)N2CCCC[C@@H]2c2nc3c(c(=O)[nH]2)CN(S(C)(=O)=O)CC3)cc1. The summed E-state index contributed by atoms with van der Waals surface area (Å²) in [5.74, 6) is 0.533. The number of amides is 1. The first-order valence-corrected chi connectivity index (χ1v) is 12.5. The maximum atomic E-state index is 13.1. The molecule has 1 atom stereocenters. The molecule has 0 bridgehead atoms. The van der Waals surface area contributed by atoms with Gasteiger partial charge in [0.2, 0.25) is 15.9 Å². The predicted octanol–water partition coefficient (Wildman–Crippen LogP) is 1.69. The van der Waals surface area contributed by atoms with Gasteiger partial charge in [-0.1, -0.05) is 29.8 Å². The molecule has 0 radical (unpaired) electrons. The zero-order valence-electron chi connectivity index (χ0n) is 17.9. The van der Waals surface area contributed by atoms with E-state index in [1.54, 1.807) is 0 Å². The summed E-state index contributed by atoms with van der Waals surface area (Å²) in [6.45, 7) is 3.00. The molecule has 1 amide bonds. The van der Waals surface area contributed by atoms with Crippen LogP contribution in [0.4, 0.5) is 0 Å². The highest BCUT2D eigenvalue weighted by Crippen LogP contribution is 2.30. The third kappa shape index (κ3) is 4.72. The number of hydrogen-bond donors (Lipinski definition) is 1. The van der Waals surface area contributed by atoms with Gasteiger partial charge in [-0.3, -0.25) is 9.59 Å². The van der Waals surface area contributed by atoms with Gasteiger partial charge in [-0.2, -0.15) is 4.31 Å². The Kier molecular flexibility index (Phi) is 5.98. The highest BCUT2D eigenvalue weighted by atomic mass is 32.2. The van der Waals surface area contributed by atoms with Crippen molar-refractivity contribution >= 4 is 15.9 Å². The van der Waals surface area contributed by atoms with Crippen LogP contribution in [0, 0.1) is 6.92 Å². The molecular formula is C22H28N4O4S. The Morgan fingerprint density at radius 3 is 2.65 bits per heavy atom. The van der Waals surface area contributed by atoms with Crippen molar-refractivity contribution in [1.29, 1.82) is 0 Å². The summed E-state index contributed by atoms with van der Waals surface area (Å²) < 4.78 is 25.0. The van der Waals surface area contributed by atoms with Gasteiger partial charge >= 0.3 is 0 Å². The second-order valence-electron chi connectivity index (χ2n) is 8.48. The lowest BCUT2D eigenvalue weighted by atomic mass is 9.99. The van der Waals surface area contributed by atoms with Crippen molar-refractivity contribution in [1.82, 2.24) is 19.2 Å². The van der Waals surface area contributed by atoms with Crippen molar-refractivity contribution in [3.05, 3.63) is 62.8 Å². The first kappa shape index (κ1) is 21.7. The van der Waals surface area contributed by atoms with E-state index in [0.717, 1.165) is 36.6 Å². The Hall–Kier alpha value is -2.52. The third-order valence-electron chi connectivity index (χ3n) is 6.14. The summed E-state index contributed by atoms with van der Waals surface area (Å²) in [6, 6.07) is 7.67. The molecule has 1 aromatic heterocycles. The summed E-state index contributed by atoms with van der Waals surface area (Å²) in [5.41, 5.74) is 2.83. The number of aromatic amines is 1. The van der Waals surface area contributed by atoms with Crippen LogP contribution in [0.2, 0.25) is 0 Å². The first-order valence-electron chi connectivity index (χ1n) is 10.6. The van der Waals surface area contributed by atoms with E-state index in [4.69, 9.17) is 4.98 Å². The van der Waals surface area contributed by atoms with Crippen LogP contribution in [0.25, 0.3) is 0 Å². The number of benzene rings is 1. The third-order valence-corrected chi connectivity index (χ3v) is 7.39. The maximum Gasteiger partial charge on any atom is 0.255 e. The highest BCUT2D eigenvalue weighted by Gasteiger charge is 2.32. The van der Waals surface area contributed by atoms with Crippen LogP contribution >= 0.6 is 0 Å². The van der Waals surface area contributed by atoms with Crippen molar-refractivity contribution in [2.75, 3.05) is 19.3 Å². The summed E-state index contributed by atoms with van der Waals surface area (Å²) in [6.07, 6.45) is 4.49. The summed E-state index contributed by atoms with van der Waals surface area (Å²) in [5, 5.41) is 0. The maximum absolute atomic E-state index is 13.1. The topological polar surface area (TPSA) is 103 Å². The molecule has 1 aromatic carbocycles. The Bertz CT molecular complexity index is 1140. The fourth-order valence-electron chi connectivity index (χ4n) is 4.36. The van der Waals surface area contributed by atoms with Gasteiger partial charge < -0.3 is 9.88 Å². The van der Waals surface area contributed by atoms with Crippen molar-refractivity contribution in [2.45, 2.75) is 51.6 Å². The predicted molar refractivity (Wildman–Crippen MR) is 117 cm³/mol. The summed E-state index contributed by atoms with van der Waals surface area (Å²) in [7, 11) is -3.37. The van der Waals surface area contributed by atoms with Crippen LogP contribution < -0.4 is 5.56 Å². The number of nitrogens with zero attached hydrogens (tertiary/aromatic N) is 3. The van der Waals surface area contributed by atoms with Gasteiger partial charge in [0.15, 0.2) is 0 Å². The number of fused-ring (bicyclic) bond motifs is 1. The van der Waals surface area contributed by atoms with Crippen LogP contribution in [-0.4, -0.2) is 52.8 Å². The number of aromatic nitrogens is 2. The van der Waals surface area contributed by atoms with E-state index in [-0.39, 0.29) is 24.1 Å². The average Bonchev–Trinajstić information content (AvgIpc) is 2.74. The molecule has 9 heteroatoms. The monoisotopic (exact) mass is 444 g/mol. The molecule has 0 aliphatic carbocycles. The number of nitrogens with one attached hydrogen (secondary N) is 1. The van der Waals surface area contributed by atoms with Gasteiger partial charge in [0.1, 0.15) is 5.82 Å². The number of carbonyl (C=O) groups is 1. The molecule has 0 saturated carbocycles. The Labute approximate surface area is 182 Å². The summed E-state index contributed by atoms with van der Waals surface area (Å²) in [4.78, 5) is 35.3. The molecule has 0 spiro atoms. The number of piperidine rings is 1. The Balaban J connectivity index is 1.58. The van der Waals surface area contributed by atoms with Gasteiger partial charge in [-0.05, 0) is 31.7 Å². The smallest absolute Gasteiger partial charge is 0.255 e. The van der Waals surface area contributed by atoms with Crippen LogP contribution in [0.5, 0.6) is 0 Å². The van der Waals surface area contributed by atoms with Crippen molar-refractivity contribution in [2.24, 2.45) is 0 Å². The van der Waals surface area contributed by atoms with E-state index < -0.39 is 10.0 Å². The number of rotatable bonds is 4. The molecule has 31 heavy (non-hydrogen) atoms. The molecule has 3 heterocycles. The van der Waals surface area contributed by atoms with Crippen molar-refractivity contribution in [3.8, 4) is 0 Å². The number of carbonyl (C=O) groups excluding carboxylic acids is 1. The molecule has 1 N–H and O–H groups in total. The second kappa shape index (κ2) is 8.55. The van der Waals surface area contributed by atoms with Gasteiger partial charge in [0, 0.05) is 26.1 Å². The van der Waals surface area contributed by atoms with Crippen LogP contribution in [0.15, 0.2) is 29.1 Å². The van der Waals surface area contributed by atoms with Gasteiger partial charge in [-0.25, -0.2) is 13.4 Å². The zero-order valence-corrected chi connectivity index (χ0v) is 18.7. The highest BCUT2D eigenvalue weighted by molar-refractivity contribution is 7.88. The first-order chi connectivity index (χ1) is 14.7. The molecule has 2 aliphatic rings. The summed E-state index contributed by atoms with van der Waals surface area (Å²) >= 11 is 0. The van der Waals surface area contributed by atoms with Gasteiger partial charge in [0.25, 0.3) is 5.56 Å². The molecule has 0 unspecified atom stereocenters. The molecule has 166 valence electrons. The Morgan fingerprint density at radius 1 is 1.19 bits per heavy atom. The van der Waals surface area contributed by atoms with Gasteiger partial charge in [0.05, 0.1) is 30.0 Å². The number of hydrogen-bond acceptors (Lipinski definition) is 5. The van der Waals surface area contributed by atoms with Crippen LogP contribution in [0.1, 0.15) is 53.5 Å². The zero-order chi connectivity index (χ0) is 22.2. The van der Waals surface area contributed by atoms with Crippen LogP contribution in [-0.2, 0) is 34.2 Å². The van der Waals surface area contributed by atoms with E-state index in [1.807, 2.05) is 36.1 Å². The standard InChI is InChI=1S/C22H28N4O4S/c1-15-6-8-16(9-7-15)13-20(27)26-11-4-3-5-19(26)21-23-18-10-12-25(31(2,29)30)14-17(18)22(28)24-21/h6-9,19H,3-5,10-14H2,1-2H3,(H,23,24,28)/t19-/m1/s1. The molecular weight excluding hydrogens is 416 g/mol. The fourth-order valence-corrected chi connectivity index (χ4v) is 5.14. The van der Waals surface area contributed by atoms with Crippen LogP contribution in [0.3, 0.4) is 0 Å². The minimum atomic E-state index is -3.37. The quantitative estimate of drug-likeness (QED) is 0.773. The Morgan fingerprint density at radius 2 is 1.94 bits per heavy atom.